The van der Waals surface area contributed by atoms with Crippen LogP contribution in [0.25, 0.3) is 5.69 Å². The fourth-order valence-corrected chi connectivity index (χ4v) is 3.19. The van der Waals surface area contributed by atoms with Gasteiger partial charge in [-0.25, -0.2) is 9.48 Å². The van der Waals surface area contributed by atoms with Gasteiger partial charge in [0.05, 0.1) is 34.8 Å². The van der Waals surface area contributed by atoms with Crippen molar-refractivity contribution in [3.8, 4) is 11.4 Å². The lowest BCUT2D eigenvalue weighted by Crippen LogP contribution is -2.22. The van der Waals surface area contributed by atoms with Crippen molar-refractivity contribution in [1.29, 1.82) is 0 Å². The molecule has 0 saturated carbocycles. The maximum Gasteiger partial charge on any atom is 0.416 e. The number of halogens is 3. The molecule has 0 aliphatic carbocycles. The van der Waals surface area contributed by atoms with Crippen LogP contribution in [0.2, 0.25) is 0 Å². The second-order valence-electron chi connectivity index (χ2n) is 7.56. The number of hydrogen-bond donors (Lipinski definition) is 1. The number of rotatable bonds is 9. The van der Waals surface area contributed by atoms with Gasteiger partial charge in [-0.1, -0.05) is 0 Å². The summed E-state index contributed by atoms with van der Waals surface area (Å²) in [5.74, 6) is -1.57. The van der Waals surface area contributed by atoms with Crippen molar-refractivity contribution in [3.05, 3.63) is 71.0 Å². The van der Waals surface area contributed by atoms with Crippen molar-refractivity contribution in [3.63, 3.8) is 0 Å². The molecule has 0 aliphatic rings. The van der Waals surface area contributed by atoms with Gasteiger partial charge in [0.1, 0.15) is 12.4 Å². The average molecular weight is 491 g/mol. The van der Waals surface area contributed by atoms with Crippen LogP contribution in [0.1, 0.15) is 27.3 Å². The number of esters is 1. The normalized spacial score (nSPS) is 11.3. The van der Waals surface area contributed by atoms with Crippen molar-refractivity contribution in [2.75, 3.05) is 32.2 Å². The van der Waals surface area contributed by atoms with Gasteiger partial charge >= 0.3 is 12.1 Å². The summed E-state index contributed by atoms with van der Waals surface area (Å²) in [4.78, 5) is 24.6. The predicted molar refractivity (Wildman–Crippen MR) is 121 cm³/mol. The van der Waals surface area contributed by atoms with E-state index in [0.717, 1.165) is 35.3 Å². The third-order valence-corrected chi connectivity index (χ3v) is 4.82. The second kappa shape index (κ2) is 11.0. The summed E-state index contributed by atoms with van der Waals surface area (Å²) in [5, 5.41) is 6.67. The standard InChI is InChI=1S/C24H24F3N3O5/c1-15-12-16(2)30(29-15)19-7-4-17(5-8-19)23(32)35-14-22(31)28-20-13-18(24(25,26)27)6-9-21(20)34-11-10-33-3/h4-9,12-13H,10-11,14H2,1-3H3,(H,28,31). The molecule has 0 aliphatic heterocycles. The van der Waals surface area contributed by atoms with Crippen molar-refractivity contribution in [2.45, 2.75) is 20.0 Å². The Kier molecular flexibility index (Phi) is 8.13. The number of amides is 1. The molecule has 1 aromatic heterocycles. The summed E-state index contributed by atoms with van der Waals surface area (Å²) in [6.45, 7) is 3.33. The van der Waals surface area contributed by atoms with E-state index in [9.17, 15) is 22.8 Å². The zero-order chi connectivity index (χ0) is 25.6. The Labute approximate surface area is 199 Å². The van der Waals surface area contributed by atoms with Crippen LogP contribution in [0.15, 0.2) is 48.5 Å². The number of carbonyl (C=O) groups excluding carboxylic acids is 2. The van der Waals surface area contributed by atoms with Gasteiger partial charge in [-0.05, 0) is 62.4 Å². The number of carbonyl (C=O) groups is 2. The molecule has 8 nitrogen and oxygen atoms in total. The molecule has 11 heteroatoms. The van der Waals surface area contributed by atoms with Crippen molar-refractivity contribution >= 4 is 17.6 Å². The molecule has 1 amide bonds. The highest BCUT2D eigenvalue weighted by Gasteiger charge is 2.31. The highest BCUT2D eigenvalue weighted by Crippen LogP contribution is 2.35. The zero-order valence-corrected chi connectivity index (χ0v) is 19.3. The van der Waals surface area contributed by atoms with Crippen molar-refractivity contribution in [2.24, 2.45) is 0 Å². The molecule has 186 valence electrons. The van der Waals surface area contributed by atoms with E-state index < -0.39 is 30.2 Å². The monoisotopic (exact) mass is 491 g/mol. The lowest BCUT2D eigenvalue weighted by molar-refractivity contribution is -0.137. The number of nitrogens with zero attached hydrogens (tertiary/aromatic N) is 2. The number of methoxy groups -OCH3 is 1. The van der Waals surface area contributed by atoms with E-state index in [4.69, 9.17) is 14.2 Å². The minimum atomic E-state index is -4.61. The van der Waals surface area contributed by atoms with Crippen LogP contribution in [0.3, 0.4) is 0 Å². The summed E-state index contributed by atoms with van der Waals surface area (Å²) in [6.07, 6.45) is -4.61. The molecular formula is C24H24F3N3O5. The fourth-order valence-electron chi connectivity index (χ4n) is 3.19. The Hall–Kier alpha value is -3.86. The molecule has 0 radical (unpaired) electrons. The van der Waals surface area contributed by atoms with E-state index in [1.165, 1.54) is 19.2 Å². The Morgan fingerprint density at radius 3 is 2.34 bits per heavy atom. The molecule has 0 bridgehead atoms. The van der Waals surface area contributed by atoms with Gasteiger partial charge in [-0.3, -0.25) is 4.79 Å². The number of nitrogens with one attached hydrogen (secondary N) is 1. The summed E-state index contributed by atoms with van der Waals surface area (Å²) in [6, 6.07) is 11.0. The van der Waals surface area contributed by atoms with E-state index in [0.29, 0.717) is 0 Å². The lowest BCUT2D eigenvalue weighted by Gasteiger charge is -2.15. The molecule has 2 aromatic carbocycles. The Morgan fingerprint density at radius 1 is 1.03 bits per heavy atom. The van der Waals surface area contributed by atoms with Crippen LogP contribution >= 0.6 is 0 Å². The van der Waals surface area contributed by atoms with Crippen LogP contribution < -0.4 is 10.1 Å². The molecule has 3 rings (SSSR count). The molecule has 0 atom stereocenters. The molecular weight excluding hydrogens is 467 g/mol. The van der Waals surface area contributed by atoms with Gasteiger partial charge in [0.15, 0.2) is 6.61 Å². The maximum absolute atomic E-state index is 13.1. The molecule has 0 spiro atoms. The first-order chi connectivity index (χ1) is 16.6. The minimum absolute atomic E-state index is 0.0227. The van der Waals surface area contributed by atoms with Crippen LogP contribution in [-0.2, 0) is 20.4 Å². The summed E-state index contributed by atoms with van der Waals surface area (Å²) in [7, 11) is 1.44. The Bertz CT molecular complexity index is 1190. The van der Waals surface area contributed by atoms with Gasteiger partial charge in [-0.2, -0.15) is 18.3 Å². The van der Waals surface area contributed by atoms with E-state index in [1.807, 2.05) is 19.9 Å². The number of benzene rings is 2. The fraction of sp³-hybridized carbons (Fsp3) is 0.292. The molecule has 1 N–H and O–H groups in total. The Morgan fingerprint density at radius 2 is 1.74 bits per heavy atom. The molecule has 3 aromatic rings. The van der Waals surface area contributed by atoms with Gasteiger partial charge in [0.2, 0.25) is 0 Å². The van der Waals surface area contributed by atoms with Gasteiger partial charge in [0.25, 0.3) is 5.91 Å². The summed E-state index contributed by atoms with van der Waals surface area (Å²) in [5.41, 5.74) is 1.55. The quantitative estimate of drug-likeness (QED) is 0.354. The van der Waals surface area contributed by atoms with Gasteiger partial charge in [-0.15, -0.1) is 0 Å². The van der Waals surface area contributed by atoms with Crippen LogP contribution in [0.4, 0.5) is 18.9 Å². The number of hydrogen-bond acceptors (Lipinski definition) is 6. The van der Waals surface area contributed by atoms with Crippen molar-refractivity contribution in [1.82, 2.24) is 9.78 Å². The molecule has 0 saturated heterocycles. The lowest BCUT2D eigenvalue weighted by atomic mass is 10.1. The predicted octanol–water partition coefficient (Wildman–Crippen LogP) is 4.33. The average Bonchev–Trinajstić information content (AvgIpc) is 3.15. The smallest absolute Gasteiger partial charge is 0.416 e. The zero-order valence-electron chi connectivity index (χ0n) is 19.3. The third kappa shape index (κ3) is 6.82. The van der Waals surface area contributed by atoms with Crippen LogP contribution in [-0.4, -0.2) is 48.6 Å². The maximum atomic E-state index is 13.1. The van der Waals surface area contributed by atoms with Gasteiger partial charge in [0, 0.05) is 12.8 Å². The molecule has 1 heterocycles. The highest BCUT2D eigenvalue weighted by atomic mass is 19.4. The SMILES string of the molecule is COCCOc1ccc(C(F)(F)F)cc1NC(=O)COC(=O)c1ccc(-n2nc(C)cc2C)cc1. The number of alkyl halides is 3. The highest BCUT2D eigenvalue weighted by molar-refractivity contribution is 5.96. The number of aryl methyl sites for hydroxylation is 2. The summed E-state index contributed by atoms with van der Waals surface area (Å²) < 4.78 is 56.3. The first-order valence-electron chi connectivity index (χ1n) is 10.5. The third-order valence-electron chi connectivity index (χ3n) is 4.82. The number of anilines is 1. The largest absolute Gasteiger partial charge is 0.489 e. The second-order valence-corrected chi connectivity index (χ2v) is 7.56. The first-order valence-corrected chi connectivity index (χ1v) is 10.5. The Balaban J connectivity index is 1.64. The van der Waals surface area contributed by atoms with E-state index in [-0.39, 0.29) is 30.2 Å². The van der Waals surface area contributed by atoms with Crippen molar-refractivity contribution < 1.29 is 37.0 Å². The molecule has 0 unspecified atom stereocenters. The summed E-state index contributed by atoms with van der Waals surface area (Å²) >= 11 is 0. The minimum Gasteiger partial charge on any atom is -0.489 e. The van der Waals surface area contributed by atoms with E-state index in [2.05, 4.69) is 10.4 Å². The first kappa shape index (κ1) is 25.8. The topological polar surface area (TPSA) is 91.7 Å². The van der Waals surface area contributed by atoms with Crippen LogP contribution in [0.5, 0.6) is 5.75 Å². The van der Waals surface area contributed by atoms with E-state index in [1.54, 1.807) is 16.8 Å². The molecule has 0 fully saturated rings. The number of aromatic nitrogens is 2. The van der Waals surface area contributed by atoms with Gasteiger partial charge < -0.3 is 19.5 Å². The van der Waals surface area contributed by atoms with E-state index >= 15 is 0 Å². The molecule has 35 heavy (non-hydrogen) atoms. The number of ether oxygens (including phenoxy) is 3. The van der Waals surface area contributed by atoms with Crippen LogP contribution in [0, 0.1) is 13.8 Å².